The zero-order valence-electron chi connectivity index (χ0n) is 17.0. The largest absolute Gasteiger partial charge is 0.493 e. The van der Waals surface area contributed by atoms with Crippen LogP contribution in [0.1, 0.15) is 19.7 Å². The van der Waals surface area contributed by atoms with Crippen molar-refractivity contribution in [3.63, 3.8) is 0 Å². The van der Waals surface area contributed by atoms with Gasteiger partial charge >= 0.3 is 0 Å². The minimum absolute atomic E-state index is 0.427. The zero-order valence-corrected chi connectivity index (χ0v) is 17.0. The molecule has 0 spiro atoms. The normalized spacial score (nSPS) is 11.2. The highest BCUT2D eigenvalue weighted by Crippen LogP contribution is 2.30. The summed E-state index contributed by atoms with van der Waals surface area (Å²) in [6.07, 6.45) is 1.83. The summed E-state index contributed by atoms with van der Waals surface area (Å²) in [5.41, 5.74) is 2.94. The molecular formula is C22H27N5O2. The van der Waals surface area contributed by atoms with Crippen LogP contribution < -0.4 is 20.1 Å². The molecule has 1 heterocycles. The number of aromatic nitrogens is 2. The van der Waals surface area contributed by atoms with E-state index in [1.807, 2.05) is 68.6 Å². The highest BCUT2D eigenvalue weighted by molar-refractivity contribution is 5.93. The van der Waals surface area contributed by atoms with Gasteiger partial charge in [-0.25, -0.2) is 9.98 Å². The van der Waals surface area contributed by atoms with Gasteiger partial charge in [0.05, 0.1) is 25.6 Å². The number of nitrogens with zero attached hydrogens (tertiary/aromatic N) is 2. The maximum Gasteiger partial charge on any atom is 0.196 e. The molecule has 0 saturated heterocycles. The van der Waals surface area contributed by atoms with Gasteiger partial charge in [-0.1, -0.05) is 30.3 Å². The van der Waals surface area contributed by atoms with Crippen LogP contribution in [-0.2, 0) is 6.54 Å². The molecule has 2 aromatic carbocycles. The Morgan fingerprint density at radius 3 is 2.66 bits per heavy atom. The lowest BCUT2D eigenvalue weighted by molar-refractivity contribution is 0.311. The van der Waals surface area contributed by atoms with Crippen molar-refractivity contribution in [1.29, 1.82) is 0 Å². The Hall–Kier alpha value is -3.48. The smallest absolute Gasteiger partial charge is 0.196 e. The lowest BCUT2D eigenvalue weighted by Crippen LogP contribution is -2.30. The number of hydrogen-bond donors (Lipinski definition) is 3. The second-order valence-electron chi connectivity index (χ2n) is 6.23. The summed E-state index contributed by atoms with van der Waals surface area (Å²) in [5.74, 6) is 2.85. The molecule has 29 heavy (non-hydrogen) atoms. The van der Waals surface area contributed by atoms with Gasteiger partial charge in [0.2, 0.25) is 0 Å². The number of guanidine groups is 1. The predicted molar refractivity (Wildman–Crippen MR) is 117 cm³/mol. The van der Waals surface area contributed by atoms with Gasteiger partial charge in [-0.05, 0) is 31.5 Å². The maximum atomic E-state index is 5.64. The van der Waals surface area contributed by atoms with Crippen LogP contribution in [0.3, 0.4) is 0 Å². The number of aliphatic imine (C=N–C) groups is 1. The minimum atomic E-state index is 0.427. The van der Waals surface area contributed by atoms with E-state index in [0.29, 0.717) is 30.6 Å². The third kappa shape index (κ3) is 5.51. The number of benzene rings is 2. The van der Waals surface area contributed by atoms with Gasteiger partial charge in [-0.2, -0.15) is 0 Å². The van der Waals surface area contributed by atoms with E-state index in [0.717, 1.165) is 29.3 Å². The molecule has 0 aliphatic carbocycles. The summed E-state index contributed by atoms with van der Waals surface area (Å²) < 4.78 is 11.0. The van der Waals surface area contributed by atoms with Gasteiger partial charge in [-0.3, -0.25) is 0 Å². The van der Waals surface area contributed by atoms with E-state index >= 15 is 0 Å². The monoisotopic (exact) mass is 393 g/mol. The van der Waals surface area contributed by atoms with Gasteiger partial charge in [0.25, 0.3) is 0 Å². The number of methoxy groups -OCH3 is 1. The summed E-state index contributed by atoms with van der Waals surface area (Å²) in [4.78, 5) is 12.4. The van der Waals surface area contributed by atoms with Crippen LogP contribution >= 0.6 is 0 Å². The van der Waals surface area contributed by atoms with Crippen molar-refractivity contribution >= 4 is 11.6 Å². The predicted octanol–water partition coefficient (Wildman–Crippen LogP) is 4.06. The summed E-state index contributed by atoms with van der Waals surface area (Å²) >= 11 is 0. The molecule has 0 bridgehead atoms. The first-order chi connectivity index (χ1) is 14.2. The van der Waals surface area contributed by atoms with Crippen LogP contribution in [0.2, 0.25) is 0 Å². The van der Waals surface area contributed by atoms with Crippen molar-refractivity contribution < 1.29 is 9.47 Å². The van der Waals surface area contributed by atoms with Crippen molar-refractivity contribution in [2.45, 2.75) is 20.4 Å². The summed E-state index contributed by atoms with van der Waals surface area (Å²) in [6, 6.07) is 15.8. The lowest BCUT2D eigenvalue weighted by Gasteiger charge is -2.14. The van der Waals surface area contributed by atoms with Crippen molar-refractivity contribution in [2.24, 2.45) is 4.99 Å². The molecule has 7 nitrogen and oxygen atoms in total. The van der Waals surface area contributed by atoms with Crippen LogP contribution in [-0.4, -0.2) is 36.2 Å². The molecule has 0 radical (unpaired) electrons. The van der Waals surface area contributed by atoms with Gasteiger partial charge in [0.15, 0.2) is 17.5 Å². The van der Waals surface area contributed by atoms with Crippen molar-refractivity contribution in [3.8, 4) is 22.8 Å². The molecule has 0 aliphatic heterocycles. The molecule has 0 saturated carbocycles. The Balaban J connectivity index is 1.72. The van der Waals surface area contributed by atoms with E-state index in [4.69, 9.17) is 9.47 Å². The standard InChI is InChI=1S/C22H27N5O2/c1-4-23-22(26-17-11-12-19(28-3)20(13-17)29-5-2)25-15-21-24-14-18(27-21)16-9-7-6-8-10-16/h6-14H,4-5,15H2,1-3H3,(H,24,27)(H2,23,25,26). The van der Waals surface area contributed by atoms with Gasteiger partial charge in [0.1, 0.15) is 12.4 Å². The molecular weight excluding hydrogens is 366 g/mol. The SMILES string of the molecule is CCNC(=NCc1ncc(-c2ccccc2)[nH]1)Nc1ccc(OC)c(OCC)c1. The summed E-state index contributed by atoms with van der Waals surface area (Å²) in [5, 5.41) is 6.55. The number of aromatic amines is 1. The van der Waals surface area contributed by atoms with E-state index in [1.54, 1.807) is 7.11 Å². The maximum absolute atomic E-state index is 5.64. The Labute approximate surface area is 171 Å². The summed E-state index contributed by atoms with van der Waals surface area (Å²) in [7, 11) is 1.63. The molecule has 3 N–H and O–H groups in total. The number of ether oxygens (including phenoxy) is 2. The Morgan fingerprint density at radius 1 is 1.10 bits per heavy atom. The van der Waals surface area contributed by atoms with Crippen LogP contribution in [0.4, 0.5) is 5.69 Å². The molecule has 0 aliphatic rings. The molecule has 152 valence electrons. The third-order valence-corrected chi connectivity index (χ3v) is 4.17. The number of hydrogen-bond acceptors (Lipinski definition) is 4. The molecule has 0 unspecified atom stereocenters. The first-order valence-electron chi connectivity index (χ1n) is 9.69. The number of rotatable bonds is 8. The van der Waals surface area contributed by atoms with E-state index in [9.17, 15) is 0 Å². The van der Waals surface area contributed by atoms with Gasteiger partial charge in [-0.15, -0.1) is 0 Å². The number of imidazole rings is 1. The number of H-pyrrole nitrogens is 1. The Bertz CT molecular complexity index is 937. The topological polar surface area (TPSA) is 83.6 Å². The van der Waals surface area contributed by atoms with Crippen LogP contribution in [0.15, 0.2) is 59.7 Å². The highest BCUT2D eigenvalue weighted by Gasteiger charge is 2.08. The molecule has 0 amide bonds. The van der Waals surface area contributed by atoms with Crippen molar-refractivity contribution in [2.75, 3.05) is 25.6 Å². The van der Waals surface area contributed by atoms with Gasteiger partial charge in [0, 0.05) is 18.3 Å². The van der Waals surface area contributed by atoms with Crippen LogP contribution in [0.25, 0.3) is 11.3 Å². The summed E-state index contributed by atoms with van der Waals surface area (Å²) in [6.45, 7) is 5.70. The molecule has 1 aromatic heterocycles. The first-order valence-corrected chi connectivity index (χ1v) is 9.69. The molecule has 7 heteroatoms. The fraction of sp³-hybridized carbons (Fsp3) is 0.273. The highest BCUT2D eigenvalue weighted by atomic mass is 16.5. The lowest BCUT2D eigenvalue weighted by atomic mass is 10.2. The molecule has 0 atom stereocenters. The van der Waals surface area contributed by atoms with Crippen molar-refractivity contribution in [3.05, 3.63) is 60.6 Å². The first kappa shape index (κ1) is 20.3. The second-order valence-corrected chi connectivity index (χ2v) is 6.23. The Morgan fingerprint density at radius 2 is 1.93 bits per heavy atom. The van der Waals surface area contributed by atoms with E-state index in [-0.39, 0.29) is 0 Å². The average Bonchev–Trinajstić information content (AvgIpc) is 3.22. The molecule has 3 aromatic rings. The van der Waals surface area contributed by atoms with E-state index in [2.05, 4.69) is 25.6 Å². The molecule has 3 rings (SSSR count). The number of anilines is 1. The van der Waals surface area contributed by atoms with Gasteiger partial charge < -0.3 is 25.1 Å². The van der Waals surface area contributed by atoms with E-state index < -0.39 is 0 Å². The van der Waals surface area contributed by atoms with Crippen LogP contribution in [0.5, 0.6) is 11.5 Å². The second kappa shape index (κ2) is 10.2. The fourth-order valence-corrected chi connectivity index (χ4v) is 2.83. The third-order valence-electron chi connectivity index (χ3n) is 4.17. The fourth-order valence-electron chi connectivity index (χ4n) is 2.83. The zero-order chi connectivity index (χ0) is 20.5. The Kier molecular flexibility index (Phi) is 7.10. The van der Waals surface area contributed by atoms with Crippen molar-refractivity contribution in [1.82, 2.24) is 15.3 Å². The molecule has 0 fully saturated rings. The van der Waals surface area contributed by atoms with Crippen LogP contribution in [0, 0.1) is 0 Å². The number of nitrogens with one attached hydrogen (secondary N) is 3. The van der Waals surface area contributed by atoms with E-state index in [1.165, 1.54) is 0 Å². The quantitative estimate of drug-likeness (QED) is 0.397. The average molecular weight is 393 g/mol. The minimum Gasteiger partial charge on any atom is -0.493 e.